The second-order valence-corrected chi connectivity index (χ2v) is 8.90. The summed E-state index contributed by atoms with van der Waals surface area (Å²) in [5, 5.41) is 5.78. The highest BCUT2D eigenvalue weighted by molar-refractivity contribution is 5.93. The van der Waals surface area contributed by atoms with Gasteiger partial charge in [0.1, 0.15) is 11.6 Å². The monoisotopic (exact) mass is 456 g/mol. The fourth-order valence-electron chi connectivity index (χ4n) is 5.05. The molecule has 1 aliphatic heterocycles. The van der Waals surface area contributed by atoms with E-state index in [9.17, 15) is 4.39 Å². The van der Waals surface area contributed by atoms with E-state index in [0.717, 1.165) is 70.1 Å². The largest absolute Gasteiger partial charge is 0.494 e. The number of aryl methyl sites for hydroxylation is 3. The van der Waals surface area contributed by atoms with E-state index in [2.05, 4.69) is 9.97 Å². The molecule has 172 valence electrons. The molecule has 3 aromatic heterocycles. The molecule has 7 nitrogen and oxygen atoms in total. The van der Waals surface area contributed by atoms with Gasteiger partial charge in [-0.25, -0.2) is 19.0 Å². The lowest BCUT2D eigenvalue weighted by Gasteiger charge is -2.23. The average Bonchev–Trinajstić information content (AvgIpc) is 3.55. The molecular formula is C26H25FN6O. The summed E-state index contributed by atoms with van der Waals surface area (Å²) >= 11 is 0. The predicted octanol–water partition coefficient (Wildman–Crippen LogP) is 5.30. The summed E-state index contributed by atoms with van der Waals surface area (Å²) in [6, 6.07) is 11.1. The van der Waals surface area contributed by atoms with E-state index in [1.54, 1.807) is 19.5 Å². The first-order valence-electron chi connectivity index (χ1n) is 11.4. The van der Waals surface area contributed by atoms with E-state index in [-0.39, 0.29) is 11.7 Å². The Hall–Kier alpha value is -3.94. The van der Waals surface area contributed by atoms with Crippen molar-refractivity contribution in [1.29, 1.82) is 0 Å². The van der Waals surface area contributed by atoms with Crippen LogP contribution in [0.15, 0.2) is 48.9 Å². The van der Waals surface area contributed by atoms with E-state index < -0.39 is 0 Å². The van der Waals surface area contributed by atoms with Gasteiger partial charge < -0.3 is 14.3 Å². The van der Waals surface area contributed by atoms with Crippen molar-refractivity contribution in [2.24, 2.45) is 0 Å². The fraction of sp³-hybridized carbons (Fsp3) is 0.269. The van der Waals surface area contributed by atoms with E-state index >= 15 is 0 Å². The SMILES string of the molecule is COc1c(-n2cnc(C)c2)ccc2[nH]c(-c3nc4n(n3)CCCC4c3ccc(F)cc3C)cc12. The zero-order valence-electron chi connectivity index (χ0n) is 19.3. The predicted molar refractivity (Wildman–Crippen MR) is 128 cm³/mol. The topological polar surface area (TPSA) is 73.6 Å². The van der Waals surface area contributed by atoms with Gasteiger partial charge in [0.2, 0.25) is 0 Å². The van der Waals surface area contributed by atoms with Gasteiger partial charge in [-0.2, -0.15) is 0 Å². The van der Waals surface area contributed by atoms with Crippen LogP contribution in [0, 0.1) is 19.7 Å². The molecule has 6 rings (SSSR count). The van der Waals surface area contributed by atoms with Gasteiger partial charge in [0.25, 0.3) is 0 Å². The van der Waals surface area contributed by atoms with Crippen LogP contribution < -0.4 is 4.74 Å². The highest BCUT2D eigenvalue weighted by Gasteiger charge is 2.28. The lowest BCUT2D eigenvalue weighted by Crippen LogP contribution is -2.18. The molecule has 0 bridgehead atoms. The fourth-order valence-corrected chi connectivity index (χ4v) is 5.05. The number of ether oxygens (including phenoxy) is 1. The van der Waals surface area contributed by atoms with Gasteiger partial charge in [-0.1, -0.05) is 6.07 Å². The molecule has 2 aromatic carbocycles. The van der Waals surface area contributed by atoms with E-state index in [1.165, 1.54) is 6.07 Å². The van der Waals surface area contributed by atoms with Gasteiger partial charge in [-0.05, 0) is 68.1 Å². The molecule has 8 heteroatoms. The van der Waals surface area contributed by atoms with Gasteiger partial charge in [0.05, 0.1) is 30.5 Å². The Bertz CT molecular complexity index is 1530. The molecule has 0 fully saturated rings. The zero-order chi connectivity index (χ0) is 23.4. The summed E-state index contributed by atoms with van der Waals surface area (Å²) in [5.41, 5.74) is 5.70. The first kappa shape index (κ1) is 20.7. The molecule has 0 saturated heterocycles. The summed E-state index contributed by atoms with van der Waals surface area (Å²) in [6.45, 7) is 4.74. The van der Waals surface area contributed by atoms with Crippen molar-refractivity contribution < 1.29 is 9.13 Å². The Morgan fingerprint density at radius 2 is 2.03 bits per heavy atom. The molecule has 0 spiro atoms. The Kier molecular flexibility index (Phi) is 4.76. The maximum absolute atomic E-state index is 13.7. The first-order chi connectivity index (χ1) is 16.5. The number of nitrogens with one attached hydrogen (secondary N) is 1. The minimum absolute atomic E-state index is 0.102. The Morgan fingerprint density at radius 3 is 2.79 bits per heavy atom. The molecule has 1 N–H and O–H groups in total. The minimum atomic E-state index is -0.212. The number of halogens is 1. The molecule has 4 heterocycles. The zero-order valence-corrected chi connectivity index (χ0v) is 19.3. The summed E-state index contributed by atoms with van der Waals surface area (Å²) in [5.74, 6) is 2.24. The normalized spacial score (nSPS) is 15.6. The van der Waals surface area contributed by atoms with Crippen molar-refractivity contribution in [3.63, 3.8) is 0 Å². The minimum Gasteiger partial charge on any atom is -0.494 e. The van der Waals surface area contributed by atoms with Crippen LogP contribution in [-0.4, -0.2) is 36.4 Å². The Balaban J connectivity index is 1.43. The third-order valence-electron chi connectivity index (χ3n) is 6.65. The molecule has 1 atom stereocenters. The maximum atomic E-state index is 13.7. The van der Waals surface area contributed by atoms with Crippen LogP contribution in [0.4, 0.5) is 4.39 Å². The lowest BCUT2D eigenvalue weighted by atomic mass is 9.88. The number of hydrogen-bond donors (Lipinski definition) is 1. The van der Waals surface area contributed by atoms with Crippen molar-refractivity contribution in [3.05, 3.63) is 77.4 Å². The quantitative estimate of drug-likeness (QED) is 0.398. The summed E-state index contributed by atoms with van der Waals surface area (Å²) in [6.07, 6.45) is 5.74. The van der Waals surface area contributed by atoms with Crippen molar-refractivity contribution in [2.45, 2.75) is 39.2 Å². The maximum Gasteiger partial charge on any atom is 0.197 e. The molecular weight excluding hydrogens is 431 g/mol. The Morgan fingerprint density at radius 1 is 1.15 bits per heavy atom. The standard InChI is InChI=1S/C26H25FN6O/c1-15-11-17(27)6-7-18(15)19-5-4-10-33-26(19)30-25(31-33)22-12-20-21(29-22)8-9-23(24(20)34-3)32-13-16(2)28-14-32/h6-9,11-14,19,29H,4-5,10H2,1-3H3. The van der Waals surface area contributed by atoms with Crippen LogP contribution in [0.25, 0.3) is 28.1 Å². The average molecular weight is 457 g/mol. The smallest absolute Gasteiger partial charge is 0.197 e. The van der Waals surface area contributed by atoms with Gasteiger partial charge in [0.15, 0.2) is 11.6 Å². The van der Waals surface area contributed by atoms with E-state index in [0.29, 0.717) is 5.82 Å². The molecule has 0 aliphatic carbocycles. The van der Waals surface area contributed by atoms with Crippen molar-refractivity contribution in [1.82, 2.24) is 29.3 Å². The molecule has 1 aliphatic rings. The molecule has 0 radical (unpaired) electrons. The number of benzene rings is 2. The first-order valence-corrected chi connectivity index (χ1v) is 11.4. The molecule has 34 heavy (non-hydrogen) atoms. The van der Waals surface area contributed by atoms with E-state index in [4.69, 9.17) is 14.8 Å². The van der Waals surface area contributed by atoms with Crippen molar-refractivity contribution in [2.75, 3.05) is 7.11 Å². The number of fused-ring (bicyclic) bond motifs is 2. The third-order valence-corrected chi connectivity index (χ3v) is 6.65. The second-order valence-electron chi connectivity index (χ2n) is 8.90. The second kappa shape index (κ2) is 7.83. The summed E-state index contributed by atoms with van der Waals surface area (Å²) in [4.78, 5) is 12.7. The van der Waals surface area contributed by atoms with Gasteiger partial charge in [0, 0.05) is 29.6 Å². The van der Waals surface area contributed by atoms with Gasteiger partial charge in [-0.15, -0.1) is 5.10 Å². The molecule has 0 amide bonds. The number of nitrogens with zero attached hydrogens (tertiary/aromatic N) is 5. The van der Waals surface area contributed by atoms with Gasteiger partial charge in [-0.3, -0.25) is 0 Å². The number of aromatic amines is 1. The number of methoxy groups -OCH3 is 1. The van der Waals surface area contributed by atoms with E-state index in [1.807, 2.05) is 53.6 Å². The van der Waals surface area contributed by atoms with Gasteiger partial charge >= 0.3 is 0 Å². The number of hydrogen-bond acceptors (Lipinski definition) is 4. The number of aromatic nitrogens is 6. The highest BCUT2D eigenvalue weighted by Crippen LogP contribution is 2.37. The molecule has 5 aromatic rings. The van der Waals surface area contributed by atoms with Crippen LogP contribution >= 0.6 is 0 Å². The molecule has 1 unspecified atom stereocenters. The highest BCUT2D eigenvalue weighted by atomic mass is 19.1. The van der Waals surface area contributed by atoms with Crippen LogP contribution in [-0.2, 0) is 6.54 Å². The third kappa shape index (κ3) is 3.29. The van der Waals surface area contributed by atoms with Crippen LogP contribution in [0.5, 0.6) is 5.75 Å². The number of H-pyrrole nitrogens is 1. The summed E-state index contributed by atoms with van der Waals surface area (Å²) in [7, 11) is 1.68. The van der Waals surface area contributed by atoms with Crippen LogP contribution in [0.3, 0.4) is 0 Å². The number of imidazole rings is 1. The lowest BCUT2D eigenvalue weighted by molar-refractivity contribution is 0.418. The van der Waals surface area contributed by atoms with Crippen molar-refractivity contribution in [3.8, 4) is 23.0 Å². The number of rotatable bonds is 4. The Labute approximate surface area is 196 Å². The van der Waals surface area contributed by atoms with Crippen molar-refractivity contribution >= 4 is 10.9 Å². The van der Waals surface area contributed by atoms with Crippen LogP contribution in [0.1, 0.15) is 41.4 Å². The molecule has 0 saturated carbocycles. The summed E-state index contributed by atoms with van der Waals surface area (Å²) < 4.78 is 23.4. The van der Waals surface area contributed by atoms with Crippen LogP contribution in [0.2, 0.25) is 0 Å².